The number of benzene rings is 1. The lowest BCUT2D eigenvalue weighted by atomic mass is 9.84. The van der Waals surface area contributed by atoms with Crippen LogP contribution in [0.5, 0.6) is 5.75 Å². The van der Waals surface area contributed by atoms with E-state index >= 15 is 0 Å². The number of ether oxygens (including phenoxy) is 1. The highest BCUT2D eigenvalue weighted by molar-refractivity contribution is 5.32. The molecule has 98 valence electrons. The Labute approximate surface area is 106 Å². The molecular formula is C14H17F2NO. The highest BCUT2D eigenvalue weighted by Crippen LogP contribution is 2.30. The Morgan fingerprint density at radius 1 is 1.17 bits per heavy atom. The van der Waals surface area contributed by atoms with E-state index in [-0.39, 0.29) is 17.6 Å². The zero-order valence-corrected chi connectivity index (χ0v) is 10.6. The van der Waals surface area contributed by atoms with Crippen molar-refractivity contribution >= 4 is 0 Å². The smallest absolute Gasteiger partial charge is 0.387 e. The minimum absolute atomic E-state index is 0.120. The molecule has 0 aliphatic heterocycles. The van der Waals surface area contributed by atoms with Crippen molar-refractivity contribution in [1.29, 1.82) is 5.26 Å². The number of nitriles is 1. The SMILES string of the molecule is CCC(CC)C(C#N)c1ccc(OC(F)F)cc1. The number of nitrogens with zero attached hydrogens (tertiary/aromatic N) is 1. The second-order valence-corrected chi connectivity index (χ2v) is 4.13. The molecule has 4 heteroatoms. The van der Waals surface area contributed by atoms with E-state index in [9.17, 15) is 14.0 Å². The molecule has 1 aromatic rings. The summed E-state index contributed by atoms with van der Waals surface area (Å²) in [6, 6.07) is 8.62. The maximum Gasteiger partial charge on any atom is 0.387 e. The van der Waals surface area contributed by atoms with E-state index < -0.39 is 6.61 Å². The van der Waals surface area contributed by atoms with Crippen LogP contribution in [-0.2, 0) is 0 Å². The first kappa shape index (κ1) is 14.4. The highest BCUT2D eigenvalue weighted by atomic mass is 19.3. The molecule has 0 aliphatic carbocycles. The second kappa shape index (κ2) is 6.95. The minimum Gasteiger partial charge on any atom is -0.435 e. The molecule has 0 saturated heterocycles. The van der Waals surface area contributed by atoms with Crippen molar-refractivity contribution in [1.82, 2.24) is 0 Å². The molecule has 0 amide bonds. The fourth-order valence-corrected chi connectivity index (χ4v) is 2.07. The molecule has 0 N–H and O–H groups in total. The van der Waals surface area contributed by atoms with E-state index in [1.165, 1.54) is 12.1 Å². The van der Waals surface area contributed by atoms with Crippen molar-refractivity contribution in [2.75, 3.05) is 0 Å². The van der Waals surface area contributed by atoms with E-state index in [1.54, 1.807) is 12.1 Å². The van der Waals surface area contributed by atoms with Crippen LogP contribution in [0.15, 0.2) is 24.3 Å². The van der Waals surface area contributed by atoms with E-state index in [0.717, 1.165) is 18.4 Å². The predicted octanol–water partition coefficient (Wildman–Crippen LogP) is 4.33. The first-order valence-corrected chi connectivity index (χ1v) is 6.06. The van der Waals surface area contributed by atoms with Crippen molar-refractivity contribution in [3.63, 3.8) is 0 Å². The van der Waals surface area contributed by atoms with Gasteiger partial charge in [0.05, 0.1) is 12.0 Å². The zero-order valence-electron chi connectivity index (χ0n) is 10.6. The van der Waals surface area contributed by atoms with Gasteiger partial charge < -0.3 is 4.74 Å². The molecule has 1 atom stereocenters. The second-order valence-electron chi connectivity index (χ2n) is 4.13. The topological polar surface area (TPSA) is 33.0 Å². The lowest BCUT2D eigenvalue weighted by Gasteiger charge is -2.19. The van der Waals surface area contributed by atoms with Crippen LogP contribution in [0, 0.1) is 17.2 Å². The molecule has 0 fully saturated rings. The van der Waals surface area contributed by atoms with Gasteiger partial charge in [-0.2, -0.15) is 14.0 Å². The zero-order chi connectivity index (χ0) is 13.5. The Kier molecular flexibility index (Phi) is 5.57. The van der Waals surface area contributed by atoms with E-state index in [2.05, 4.69) is 10.8 Å². The van der Waals surface area contributed by atoms with Gasteiger partial charge in [0.25, 0.3) is 0 Å². The summed E-state index contributed by atoms with van der Waals surface area (Å²) in [5.74, 6) is 0.215. The first-order chi connectivity index (χ1) is 8.62. The van der Waals surface area contributed by atoms with Crippen LogP contribution in [-0.4, -0.2) is 6.61 Å². The standard InChI is InChI=1S/C14H17F2NO/c1-3-10(4-2)13(9-17)11-5-7-12(8-6-11)18-14(15)16/h5-8,10,13-14H,3-4H2,1-2H3. The third-order valence-electron chi connectivity index (χ3n) is 3.12. The fraction of sp³-hybridized carbons (Fsp3) is 0.500. The molecular weight excluding hydrogens is 236 g/mol. The molecule has 0 heterocycles. The lowest BCUT2D eigenvalue weighted by Crippen LogP contribution is -2.10. The van der Waals surface area contributed by atoms with Gasteiger partial charge in [0, 0.05) is 0 Å². The molecule has 2 nitrogen and oxygen atoms in total. The number of hydrogen-bond acceptors (Lipinski definition) is 2. The summed E-state index contributed by atoms with van der Waals surface area (Å²) in [6.07, 6.45) is 1.84. The molecule has 18 heavy (non-hydrogen) atoms. The van der Waals surface area contributed by atoms with Gasteiger partial charge in [-0.05, 0) is 23.6 Å². The van der Waals surface area contributed by atoms with Gasteiger partial charge in [0.1, 0.15) is 5.75 Å². The van der Waals surface area contributed by atoms with Gasteiger partial charge in [-0.3, -0.25) is 0 Å². The Hall–Kier alpha value is -1.63. The van der Waals surface area contributed by atoms with Gasteiger partial charge in [-0.15, -0.1) is 0 Å². The average Bonchev–Trinajstić information content (AvgIpc) is 2.36. The van der Waals surface area contributed by atoms with E-state index in [0.29, 0.717) is 0 Å². The molecule has 1 unspecified atom stereocenters. The van der Waals surface area contributed by atoms with Crippen LogP contribution in [0.1, 0.15) is 38.2 Å². The quantitative estimate of drug-likeness (QED) is 0.755. The summed E-state index contributed by atoms with van der Waals surface area (Å²) in [7, 11) is 0. The maximum absolute atomic E-state index is 12.0. The van der Waals surface area contributed by atoms with Crippen molar-refractivity contribution < 1.29 is 13.5 Å². The molecule has 0 aliphatic rings. The molecule has 1 rings (SSSR count). The predicted molar refractivity (Wildman–Crippen MR) is 65.5 cm³/mol. The van der Waals surface area contributed by atoms with Crippen molar-refractivity contribution in [2.45, 2.75) is 39.2 Å². The van der Waals surface area contributed by atoms with Crippen LogP contribution in [0.25, 0.3) is 0 Å². The molecule has 0 aromatic heterocycles. The summed E-state index contributed by atoms with van der Waals surface area (Å²) in [4.78, 5) is 0. The van der Waals surface area contributed by atoms with Crippen molar-refractivity contribution in [3.05, 3.63) is 29.8 Å². The minimum atomic E-state index is -2.82. The summed E-state index contributed by atoms with van der Waals surface area (Å²) >= 11 is 0. The fourth-order valence-electron chi connectivity index (χ4n) is 2.07. The number of alkyl halides is 2. The molecule has 0 spiro atoms. The number of halogens is 2. The van der Waals surface area contributed by atoms with Gasteiger partial charge in [0.15, 0.2) is 0 Å². The van der Waals surface area contributed by atoms with Gasteiger partial charge in [-0.1, -0.05) is 38.8 Å². The largest absolute Gasteiger partial charge is 0.435 e. The van der Waals surface area contributed by atoms with Crippen molar-refractivity contribution in [3.8, 4) is 11.8 Å². The molecule has 0 bridgehead atoms. The van der Waals surface area contributed by atoms with Crippen LogP contribution in [0.3, 0.4) is 0 Å². The summed E-state index contributed by atoms with van der Waals surface area (Å²) in [6.45, 7) is 1.28. The van der Waals surface area contributed by atoms with E-state index in [4.69, 9.17) is 0 Å². The van der Waals surface area contributed by atoms with Crippen LogP contribution in [0.2, 0.25) is 0 Å². The van der Waals surface area contributed by atoms with Crippen LogP contribution >= 0.6 is 0 Å². The maximum atomic E-state index is 12.0. The number of hydrogen-bond donors (Lipinski definition) is 0. The van der Waals surface area contributed by atoms with Gasteiger partial charge in [0.2, 0.25) is 0 Å². The lowest BCUT2D eigenvalue weighted by molar-refractivity contribution is -0.0498. The van der Waals surface area contributed by atoms with E-state index in [1.807, 2.05) is 13.8 Å². The normalized spacial score (nSPS) is 12.5. The molecule has 1 aromatic carbocycles. The van der Waals surface area contributed by atoms with Crippen molar-refractivity contribution in [2.24, 2.45) is 5.92 Å². The Balaban J connectivity index is 2.85. The summed E-state index contributed by atoms with van der Waals surface area (Å²) in [5, 5.41) is 9.23. The average molecular weight is 253 g/mol. The summed E-state index contributed by atoms with van der Waals surface area (Å²) in [5.41, 5.74) is 0.854. The third kappa shape index (κ3) is 3.69. The van der Waals surface area contributed by atoms with Crippen LogP contribution < -0.4 is 4.74 Å². The van der Waals surface area contributed by atoms with Gasteiger partial charge >= 0.3 is 6.61 Å². The molecule has 0 radical (unpaired) electrons. The molecule has 0 saturated carbocycles. The Morgan fingerprint density at radius 3 is 2.11 bits per heavy atom. The van der Waals surface area contributed by atoms with Crippen LogP contribution in [0.4, 0.5) is 8.78 Å². The Morgan fingerprint density at radius 2 is 1.72 bits per heavy atom. The summed E-state index contributed by atoms with van der Waals surface area (Å²) < 4.78 is 28.3. The van der Waals surface area contributed by atoms with Gasteiger partial charge in [-0.25, -0.2) is 0 Å². The third-order valence-corrected chi connectivity index (χ3v) is 3.12. The Bertz CT molecular complexity index is 393. The number of rotatable bonds is 6. The first-order valence-electron chi connectivity index (χ1n) is 6.06. The monoisotopic (exact) mass is 253 g/mol. The highest BCUT2D eigenvalue weighted by Gasteiger charge is 2.20.